The molecule has 1 aliphatic carbocycles. The molecule has 118 valence electrons. The molecule has 0 aromatic heterocycles. The van der Waals surface area contributed by atoms with Crippen molar-refractivity contribution in [1.29, 1.82) is 0 Å². The fourth-order valence-electron chi connectivity index (χ4n) is 2.57. The van der Waals surface area contributed by atoms with E-state index >= 15 is 0 Å². The first-order valence-electron chi connectivity index (χ1n) is 7.67. The van der Waals surface area contributed by atoms with Gasteiger partial charge in [-0.05, 0) is 58.3 Å². The zero-order valence-electron chi connectivity index (χ0n) is 14.3. The van der Waals surface area contributed by atoms with E-state index in [-0.39, 0.29) is 0 Å². The zero-order chi connectivity index (χ0) is 16.8. The number of aldehydes is 1. The van der Waals surface area contributed by atoms with Crippen LogP contribution in [0.15, 0.2) is 58.7 Å². The number of carbonyl (C=O) groups is 2. The Morgan fingerprint density at radius 3 is 2.32 bits per heavy atom. The van der Waals surface area contributed by atoms with E-state index in [9.17, 15) is 9.59 Å². The van der Waals surface area contributed by atoms with Crippen LogP contribution in [-0.2, 0) is 9.59 Å². The van der Waals surface area contributed by atoms with Gasteiger partial charge in [-0.1, -0.05) is 41.5 Å². The summed E-state index contributed by atoms with van der Waals surface area (Å²) >= 11 is 0. The van der Waals surface area contributed by atoms with E-state index in [4.69, 9.17) is 0 Å². The van der Waals surface area contributed by atoms with Crippen molar-refractivity contribution in [3.8, 4) is 0 Å². The molecule has 2 heteroatoms. The minimum atomic E-state index is -0.391. The Bertz CT molecular complexity index is 593. The molecule has 1 rings (SSSR count). The van der Waals surface area contributed by atoms with E-state index in [1.807, 2.05) is 52.0 Å². The molecule has 0 aromatic rings. The Morgan fingerprint density at radius 2 is 1.68 bits per heavy atom. The third-order valence-electron chi connectivity index (χ3n) is 4.12. The summed E-state index contributed by atoms with van der Waals surface area (Å²) < 4.78 is 0. The second-order valence-corrected chi connectivity index (χ2v) is 6.39. The van der Waals surface area contributed by atoms with Gasteiger partial charge < -0.3 is 0 Å². The molecule has 0 aromatic carbocycles. The quantitative estimate of drug-likeness (QED) is 0.411. The summed E-state index contributed by atoms with van der Waals surface area (Å²) in [5.41, 5.74) is 4.06. The predicted molar refractivity (Wildman–Crippen MR) is 92.6 cm³/mol. The minimum Gasteiger partial charge on any atom is -0.299 e. The van der Waals surface area contributed by atoms with Crippen LogP contribution in [-0.4, -0.2) is 12.1 Å². The molecule has 0 unspecified atom stereocenters. The third kappa shape index (κ3) is 4.80. The summed E-state index contributed by atoms with van der Waals surface area (Å²) in [5.74, 6) is 0.314. The average Bonchev–Trinajstić information content (AvgIpc) is 2.43. The zero-order valence-corrected chi connectivity index (χ0v) is 14.3. The predicted octanol–water partition coefficient (Wildman–Crippen LogP) is 4.90. The lowest BCUT2D eigenvalue weighted by atomic mass is 9.71. The minimum absolute atomic E-state index is 0.314. The maximum Gasteiger partial charge on any atom is 0.143 e. The number of allylic oxidation sites excluding steroid dienone is 10. The highest BCUT2D eigenvalue weighted by Crippen LogP contribution is 2.38. The normalized spacial score (nSPS) is 20.3. The number of carbonyl (C=O) groups excluding carboxylic acids is 2. The van der Waals surface area contributed by atoms with Crippen molar-refractivity contribution in [1.82, 2.24) is 0 Å². The van der Waals surface area contributed by atoms with Gasteiger partial charge in [0.15, 0.2) is 0 Å². The van der Waals surface area contributed by atoms with Crippen molar-refractivity contribution in [2.24, 2.45) is 5.41 Å². The van der Waals surface area contributed by atoms with Gasteiger partial charge in [-0.15, -0.1) is 0 Å². The van der Waals surface area contributed by atoms with Gasteiger partial charge in [-0.25, -0.2) is 0 Å². The lowest BCUT2D eigenvalue weighted by Crippen LogP contribution is -2.30. The molecule has 0 spiro atoms. The highest BCUT2D eigenvalue weighted by Gasteiger charge is 2.34. The van der Waals surface area contributed by atoms with Crippen LogP contribution in [0.25, 0.3) is 0 Å². The summed E-state index contributed by atoms with van der Waals surface area (Å²) in [5, 5.41) is 0. The van der Waals surface area contributed by atoms with Crippen LogP contribution in [0.3, 0.4) is 0 Å². The van der Waals surface area contributed by atoms with E-state index < -0.39 is 5.41 Å². The first kappa shape index (κ1) is 18.1. The van der Waals surface area contributed by atoms with E-state index in [2.05, 4.69) is 13.0 Å². The van der Waals surface area contributed by atoms with Crippen LogP contribution in [0.1, 0.15) is 47.5 Å². The maximum atomic E-state index is 12.1. The standard InChI is InChI=1S/C20H26O2/c1-15(7-6-8-16(2)13-14-21)9-11-18-17(3)10-12-19(22)20(18,4)5/h6-9,11,13-14H,10,12H2,1-5H3/b8-6+,11-9+,15-7+,16-13+. The molecule has 0 amide bonds. The molecule has 2 nitrogen and oxygen atoms in total. The van der Waals surface area contributed by atoms with Crippen molar-refractivity contribution in [2.45, 2.75) is 47.5 Å². The van der Waals surface area contributed by atoms with Crippen LogP contribution in [0.4, 0.5) is 0 Å². The summed E-state index contributed by atoms with van der Waals surface area (Å²) in [6, 6.07) is 0. The number of Topliss-reactive ketones (excluding diaryl/α,β-unsaturated/α-hetero) is 1. The fraction of sp³-hybridized carbons (Fsp3) is 0.400. The SMILES string of the molecule is CC1=C(/C=C/C(C)=C/C=C/C(C)=C/C=O)C(C)(C)C(=O)CC1. The molecule has 0 aliphatic heterocycles. The Morgan fingerprint density at radius 1 is 1.05 bits per heavy atom. The number of rotatable bonds is 5. The van der Waals surface area contributed by atoms with Crippen molar-refractivity contribution < 1.29 is 9.59 Å². The van der Waals surface area contributed by atoms with Gasteiger partial charge in [0.2, 0.25) is 0 Å². The molecule has 1 aliphatic rings. The molecule has 0 radical (unpaired) electrons. The van der Waals surface area contributed by atoms with E-state index in [1.54, 1.807) is 0 Å². The van der Waals surface area contributed by atoms with Gasteiger partial charge in [0.25, 0.3) is 0 Å². The van der Waals surface area contributed by atoms with Crippen LogP contribution in [0.2, 0.25) is 0 Å². The highest BCUT2D eigenvalue weighted by atomic mass is 16.1. The van der Waals surface area contributed by atoms with Gasteiger partial charge in [0, 0.05) is 11.8 Å². The first-order valence-corrected chi connectivity index (χ1v) is 7.67. The molecular weight excluding hydrogens is 272 g/mol. The van der Waals surface area contributed by atoms with Crippen LogP contribution in [0.5, 0.6) is 0 Å². The summed E-state index contributed by atoms with van der Waals surface area (Å²) in [6.45, 7) is 10.0. The monoisotopic (exact) mass is 298 g/mol. The maximum absolute atomic E-state index is 12.1. The lowest BCUT2D eigenvalue weighted by molar-refractivity contribution is -0.125. The summed E-state index contributed by atoms with van der Waals surface area (Å²) in [4.78, 5) is 22.4. The van der Waals surface area contributed by atoms with E-state index in [0.29, 0.717) is 12.2 Å². The fourth-order valence-corrected chi connectivity index (χ4v) is 2.57. The van der Waals surface area contributed by atoms with Gasteiger partial charge >= 0.3 is 0 Å². The van der Waals surface area contributed by atoms with Gasteiger partial charge in [-0.2, -0.15) is 0 Å². The molecule has 22 heavy (non-hydrogen) atoms. The largest absolute Gasteiger partial charge is 0.299 e. The van der Waals surface area contributed by atoms with Crippen LogP contribution < -0.4 is 0 Å². The molecule has 0 fully saturated rings. The van der Waals surface area contributed by atoms with Crippen LogP contribution >= 0.6 is 0 Å². The number of ketones is 1. The van der Waals surface area contributed by atoms with Crippen LogP contribution in [0, 0.1) is 5.41 Å². The smallest absolute Gasteiger partial charge is 0.143 e. The summed E-state index contributed by atoms with van der Waals surface area (Å²) in [7, 11) is 0. The topological polar surface area (TPSA) is 34.1 Å². The summed E-state index contributed by atoms with van der Waals surface area (Å²) in [6.07, 6.45) is 13.7. The van der Waals surface area contributed by atoms with Crippen molar-refractivity contribution in [3.63, 3.8) is 0 Å². The Hall–Kier alpha value is -1.96. The van der Waals surface area contributed by atoms with Crippen molar-refractivity contribution in [2.75, 3.05) is 0 Å². The molecule has 0 atom stereocenters. The van der Waals surface area contributed by atoms with E-state index in [1.165, 1.54) is 11.6 Å². The Kier molecular flexibility index (Phi) is 6.48. The Labute approximate surface area is 134 Å². The molecule has 0 saturated heterocycles. The molecule has 0 N–H and O–H groups in total. The molecule has 0 heterocycles. The van der Waals surface area contributed by atoms with Gasteiger partial charge in [-0.3, -0.25) is 9.59 Å². The van der Waals surface area contributed by atoms with Crippen molar-refractivity contribution in [3.05, 3.63) is 58.7 Å². The molecule has 0 saturated carbocycles. The highest BCUT2D eigenvalue weighted by molar-refractivity contribution is 5.89. The number of hydrogen-bond acceptors (Lipinski definition) is 2. The van der Waals surface area contributed by atoms with Crippen molar-refractivity contribution >= 4 is 12.1 Å². The van der Waals surface area contributed by atoms with Gasteiger partial charge in [0.1, 0.15) is 12.1 Å². The van der Waals surface area contributed by atoms with E-state index in [0.717, 1.165) is 29.4 Å². The number of hydrogen-bond donors (Lipinski definition) is 0. The third-order valence-corrected chi connectivity index (χ3v) is 4.12. The first-order chi connectivity index (χ1) is 10.3. The second kappa shape index (κ2) is 7.88. The molecule has 0 bridgehead atoms. The second-order valence-electron chi connectivity index (χ2n) is 6.39. The van der Waals surface area contributed by atoms with Gasteiger partial charge in [0.05, 0.1) is 0 Å². The Balaban J connectivity index is 2.89. The average molecular weight is 298 g/mol. The molecular formula is C20H26O2. The lowest BCUT2D eigenvalue weighted by Gasteiger charge is -2.31.